The van der Waals surface area contributed by atoms with Gasteiger partial charge in [-0.2, -0.15) is 0 Å². The van der Waals surface area contributed by atoms with Gasteiger partial charge in [0, 0.05) is 25.2 Å². The average molecular weight is 245 g/mol. The lowest BCUT2D eigenvalue weighted by molar-refractivity contribution is -0.114. The van der Waals surface area contributed by atoms with E-state index in [0.29, 0.717) is 12.4 Å². The Labute approximate surface area is 105 Å². The molecule has 94 valence electrons. The third-order valence-corrected chi connectivity index (χ3v) is 2.42. The van der Waals surface area contributed by atoms with E-state index in [1.54, 1.807) is 0 Å². The molecule has 0 unspecified atom stereocenters. The van der Waals surface area contributed by atoms with Crippen molar-refractivity contribution in [3.8, 4) is 0 Å². The molecular formula is C13H15N3O2. The summed E-state index contributed by atoms with van der Waals surface area (Å²) in [4.78, 5) is 11.1. The summed E-state index contributed by atoms with van der Waals surface area (Å²) in [6.07, 6.45) is 0. The Balaban J connectivity index is 2.06. The van der Waals surface area contributed by atoms with E-state index < -0.39 is 0 Å². The van der Waals surface area contributed by atoms with Crippen LogP contribution in [0, 0.1) is 6.92 Å². The molecule has 1 heterocycles. The normalized spacial score (nSPS) is 10.1. The molecule has 2 rings (SSSR count). The van der Waals surface area contributed by atoms with Crippen LogP contribution >= 0.6 is 0 Å². The molecule has 18 heavy (non-hydrogen) atoms. The van der Waals surface area contributed by atoms with E-state index in [0.717, 1.165) is 17.0 Å². The zero-order chi connectivity index (χ0) is 13.0. The van der Waals surface area contributed by atoms with Gasteiger partial charge in [-0.3, -0.25) is 4.79 Å². The smallest absolute Gasteiger partial charge is 0.221 e. The Bertz CT molecular complexity index is 549. The van der Waals surface area contributed by atoms with Gasteiger partial charge in [0.2, 0.25) is 5.91 Å². The van der Waals surface area contributed by atoms with Crippen molar-refractivity contribution < 1.29 is 9.32 Å². The Kier molecular flexibility index (Phi) is 3.62. The molecule has 5 nitrogen and oxygen atoms in total. The molecule has 5 heteroatoms. The van der Waals surface area contributed by atoms with Crippen LogP contribution in [0.25, 0.3) is 0 Å². The molecule has 0 spiro atoms. The predicted octanol–water partition coefficient (Wildman–Crippen LogP) is 2.55. The number of carbonyl (C=O) groups is 1. The number of rotatable bonds is 4. The average Bonchev–Trinajstić information content (AvgIpc) is 2.73. The van der Waals surface area contributed by atoms with Crippen LogP contribution < -0.4 is 10.6 Å². The SMILES string of the molecule is CC(=O)Nc1ccccc1CNc1cc(C)on1. The second-order valence-electron chi connectivity index (χ2n) is 4.01. The zero-order valence-electron chi connectivity index (χ0n) is 10.4. The molecule has 0 saturated heterocycles. The molecule has 0 atom stereocenters. The molecule has 1 amide bonds. The highest BCUT2D eigenvalue weighted by Crippen LogP contribution is 2.17. The van der Waals surface area contributed by atoms with Gasteiger partial charge in [-0.05, 0) is 18.6 Å². The van der Waals surface area contributed by atoms with Crippen molar-refractivity contribution in [2.75, 3.05) is 10.6 Å². The van der Waals surface area contributed by atoms with Crippen molar-refractivity contribution in [1.29, 1.82) is 0 Å². The number of amides is 1. The number of aryl methyl sites for hydroxylation is 1. The lowest BCUT2D eigenvalue weighted by Gasteiger charge is -2.09. The van der Waals surface area contributed by atoms with Crippen LogP contribution in [-0.4, -0.2) is 11.1 Å². The first-order valence-corrected chi connectivity index (χ1v) is 5.68. The van der Waals surface area contributed by atoms with E-state index in [-0.39, 0.29) is 5.91 Å². The van der Waals surface area contributed by atoms with Crippen LogP contribution in [-0.2, 0) is 11.3 Å². The van der Waals surface area contributed by atoms with Crippen LogP contribution in [0.15, 0.2) is 34.9 Å². The first-order chi connectivity index (χ1) is 8.65. The second kappa shape index (κ2) is 5.35. The van der Waals surface area contributed by atoms with Gasteiger partial charge in [-0.25, -0.2) is 0 Å². The molecule has 0 aliphatic carbocycles. The van der Waals surface area contributed by atoms with Crippen molar-refractivity contribution in [3.63, 3.8) is 0 Å². The van der Waals surface area contributed by atoms with E-state index in [9.17, 15) is 4.79 Å². The van der Waals surface area contributed by atoms with Crippen molar-refractivity contribution in [3.05, 3.63) is 41.7 Å². The topological polar surface area (TPSA) is 67.2 Å². The van der Waals surface area contributed by atoms with Crippen molar-refractivity contribution in [2.45, 2.75) is 20.4 Å². The summed E-state index contributed by atoms with van der Waals surface area (Å²) in [5, 5.41) is 9.78. The van der Waals surface area contributed by atoms with Crippen LogP contribution in [0.2, 0.25) is 0 Å². The quantitative estimate of drug-likeness (QED) is 0.868. The maximum Gasteiger partial charge on any atom is 0.221 e. The first kappa shape index (κ1) is 12.2. The van der Waals surface area contributed by atoms with Crippen LogP contribution in [0.3, 0.4) is 0 Å². The number of carbonyl (C=O) groups excluding carboxylic acids is 1. The first-order valence-electron chi connectivity index (χ1n) is 5.68. The maximum absolute atomic E-state index is 11.1. The van der Waals surface area contributed by atoms with E-state index in [2.05, 4.69) is 15.8 Å². The lowest BCUT2D eigenvalue weighted by atomic mass is 10.1. The number of nitrogens with zero attached hydrogens (tertiary/aromatic N) is 1. The zero-order valence-corrected chi connectivity index (χ0v) is 10.4. The van der Waals surface area contributed by atoms with Gasteiger partial charge in [-0.1, -0.05) is 23.4 Å². The van der Waals surface area contributed by atoms with Crippen molar-refractivity contribution >= 4 is 17.4 Å². The standard InChI is InChI=1S/C13H15N3O2/c1-9-7-13(16-18-9)14-8-11-5-3-4-6-12(11)15-10(2)17/h3-7H,8H2,1-2H3,(H,14,16)(H,15,17). The van der Waals surface area contributed by atoms with Crippen molar-refractivity contribution in [2.24, 2.45) is 0 Å². The summed E-state index contributed by atoms with van der Waals surface area (Å²) < 4.78 is 4.97. The maximum atomic E-state index is 11.1. The highest BCUT2D eigenvalue weighted by atomic mass is 16.5. The molecule has 0 fully saturated rings. The third-order valence-electron chi connectivity index (χ3n) is 2.42. The predicted molar refractivity (Wildman–Crippen MR) is 69.3 cm³/mol. The van der Waals surface area contributed by atoms with E-state index >= 15 is 0 Å². The molecule has 0 bridgehead atoms. The third kappa shape index (κ3) is 3.10. The van der Waals surface area contributed by atoms with Gasteiger partial charge in [0.1, 0.15) is 5.76 Å². The van der Waals surface area contributed by atoms with Crippen LogP contribution in [0.5, 0.6) is 0 Å². The number of aromatic nitrogens is 1. The molecule has 0 aliphatic rings. The number of nitrogens with one attached hydrogen (secondary N) is 2. The fraction of sp³-hybridized carbons (Fsp3) is 0.231. The van der Waals surface area contributed by atoms with Gasteiger partial charge in [0.15, 0.2) is 5.82 Å². The van der Waals surface area contributed by atoms with E-state index in [4.69, 9.17) is 4.52 Å². The van der Waals surface area contributed by atoms with Crippen molar-refractivity contribution in [1.82, 2.24) is 5.16 Å². The van der Waals surface area contributed by atoms with E-state index in [1.807, 2.05) is 37.3 Å². The number of hydrogen-bond donors (Lipinski definition) is 2. The molecule has 0 radical (unpaired) electrons. The summed E-state index contributed by atoms with van der Waals surface area (Å²) in [6.45, 7) is 3.90. The molecular weight excluding hydrogens is 230 g/mol. The summed E-state index contributed by atoms with van der Waals surface area (Å²) in [5.41, 5.74) is 1.80. The lowest BCUT2D eigenvalue weighted by Crippen LogP contribution is -2.10. The minimum absolute atomic E-state index is 0.0836. The summed E-state index contributed by atoms with van der Waals surface area (Å²) in [5.74, 6) is 1.36. The molecule has 2 aromatic rings. The molecule has 0 saturated carbocycles. The second-order valence-corrected chi connectivity index (χ2v) is 4.01. The minimum Gasteiger partial charge on any atom is -0.363 e. The number of para-hydroxylation sites is 1. The number of hydrogen-bond acceptors (Lipinski definition) is 4. The summed E-state index contributed by atoms with van der Waals surface area (Å²) in [7, 11) is 0. The fourth-order valence-electron chi connectivity index (χ4n) is 1.62. The van der Waals surface area contributed by atoms with Crippen LogP contribution in [0.4, 0.5) is 11.5 Å². The van der Waals surface area contributed by atoms with E-state index in [1.165, 1.54) is 6.92 Å². The number of benzene rings is 1. The number of anilines is 2. The monoisotopic (exact) mass is 245 g/mol. The van der Waals surface area contributed by atoms with Gasteiger partial charge < -0.3 is 15.2 Å². The molecule has 1 aromatic carbocycles. The van der Waals surface area contributed by atoms with Crippen LogP contribution in [0.1, 0.15) is 18.2 Å². The Morgan fingerprint density at radius 1 is 1.39 bits per heavy atom. The fourth-order valence-corrected chi connectivity index (χ4v) is 1.62. The van der Waals surface area contributed by atoms with Gasteiger partial charge >= 0.3 is 0 Å². The molecule has 0 aliphatic heterocycles. The summed E-state index contributed by atoms with van der Waals surface area (Å²) >= 11 is 0. The minimum atomic E-state index is -0.0836. The largest absolute Gasteiger partial charge is 0.363 e. The highest BCUT2D eigenvalue weighted by molar-refractivity contribution is 5.89. The van der Waals surface area contributed by atoms with Gasteiger partial charge in [-0.15, -0.1) is 0 Å². The molecule has 2 N–H and O–H groups in total. The Morgan fingerprint density at radius 2 is 2.17 bits per heavy atom. The summed E-state index contributed by atoms with van der Waals surface area (Å²) in [6, 6.07) is 9.45. The highest BCUT2D eigenvalue weighted by Gasteiger charge is 2.04. The van der Waals surface area contributed by atoms with Gasteiger partial charge in [0.25, 0.3) is 0 Å². The Morgan fingerprint density at radius 3 is 2.83 bits per heavy atom. The molecule has 1 aromatic heterocycles. The Hall–Kier alpha value is -2.30. The van der Waals surface area contributed by atoms with Gasteiger partial charge in [0.05, 0.1) is 0 Å².